The predicted octanol–water partition coefficient (Wildman–Crippen LogP) is 1.07. The highest BCUT2D eigenvalue weighted by molar-refractivity contribution is 6.25. The first-order chi connectivity index (χ1) is 8.96. The molecule has 1 aromatic carbocycles. The lowest BCUT2D eigenvalue weighted by Crippen LogP contribution is -2.55. The van der Waals surface area contributed by atoms with Gasteiger partial charge in [0, 0.05) is 11.1 Å². The highest BCUT2D eigenvalue weighted by Gasteiger charge is 2.57. The zero-order chi connectivity index (χ0) is 14.2. The smallest absolute Gasteiger partial charge is 0.321 e. The molecule has 0 aliphatic heterocycles. The Bertz CT molecular complexity index is 589. The van der Waals surface area contributed by atoms with Crippen LogP contribution in [0.3, 0.4) is 0 Å². The molecule has 19 heavy (non-hydrogen) atoms. The number of aliphatic hydroxyl groups excluding tert-OH is 1. The number of aliphatic hydroxyl groups is 1. The molecule has 5 nitrogen and oxygen atoms in total. The Morgan fingerprint density at radius 3 is 2.42 bits per heavy atom. The second-order valence-electron chi connectivity index (χ2n) is 4.41. The van der Waals surface area contributed by atoms with E-state index in [1.54, 1.807) is 12.1 Å². The van der Waals surface area contributed by atoms with Crippen LogP contribution in [0.15, 0.2) is 36.9 Å². The van der Waals surface area contributed by atoms with Gasteiger partial charge in [-0.25, -0.2) is 0 Å². The molecule has 2 atom stereocenters. The largest absolute Gasteiger partial charge is 0.480 e. The summed E-state index contributed by atoms with van der Waals surface area (Å²) in [7, 11) is 0. The number of ketones is 2. The first kappa shape index (κ1) is 13.2. The number of rotatable bonds is 3. The monoisotopic (exact) mass is 260 g/mol. The van der Waals surface area contributed by atoms with Crippen molar-refractivity contribution in [1.82, 2.24) is 0 Å². The summed E-state index contributed by atoms with van der Waals surface area (Å²) in [6.45, 7) is 3.39. The van der Waals surface area contributed by atoms with Crippen LogP contribution in [0.2, 0.25) is 0 Å². The molecule has 0 heterocycles. The fourth-order valence-electron chi connectivity index (χ4n) is 2.36. The number of Topliss-reactive ketones (excluding diaryl/α,β-unsaturated/α-hetero) is 2. The number of carbonyl (C=O) groups is 3. The fraction of sp³-hybridized carbons (Fsp3) is 0.214. The van der Waals surface area contributed by atoms with Gasteiger partial charge in [-0.2, -0.15) is 0 Å². The van der Waals surface area contributed by atoms with Crippen molar-refractivity contribution >= 4 is 17.5 Å². The van der Waals surface area contributed by atoms with Gasteiger partial charge in [0.15, 0.2) is 17.0 Å². The molecule has 2 unspecified atom stereocenters. The van der Waals surface area contributed by atoms with Crippen LogP contribution in [0.4, 0.5) is 0 Å². The van der Waals surface area contributed by atoms with E-state index in [4.69, 9.17) is 0 Å². The van der Waals surface area contributed by atoms with E-state index in [0.717, 1.165) is 0 Å². The first-order valence-electron chi connectivity index (χ1n) is 5.67. The summed E-state index contributed by atoms with van der Waals surface area (Å²) in [4.78, 5) is 35.9. The molecule has 0 saturated carbocycles. The van der Waals surface area contributed by atoms with E-state index in [1.807, 2.05) is 0 Å². The number of allylic oxidation sites excluding steroid dienone is 1. The minimum Gasteiger partial charge on any atom is -0.480 e. The normalized spacial score (nSPS) is 25.8. The van der Waals surface area contributed by atoms with E-state index in [-0.39, 0.29) is 17.5 Å². The maximum Gasteiger partial charge on any atom is 0.321 e. The SMILES string of the molecule is C=CCC1(C(=O)O)C(=O)c2ccccc2C(=O)C1O. The van der Waals surface area contributed by atoms with Gasteiger partial charge in [0.25, 0.3) is 0 Å². The first-order valence-corrected chi connectivity index (χ1v) is 5.67. The minimum absolute atomic E-state index is 0.0297. The van der Waals surface area contributed by atoms with Crippen molar-refractivity contribution in [1.29, 1.82) is 0 Å². The van der Waals surface area contributed by atoms with E-state index >= 15 is 0 Å². The van der Waals surface area contributed by atoms with Crippen LogP contribution in [0.1, 0.15) is 27.1 Å². The van der Waals surface area contributed by atoms with Gasteiger partial charge in [-0.15, -0.1) is 6.58 Å². The van der Waals surface area contributed by atoms with Crippen molar-refractivity contribution in [2.24, 2.45) is 5.41 Å². The molecule has 0 bridgehead atoms. The van der Waals surface area contributed by atoms with Crippen molar-refractivity contribution in [3.8, 4) is 0 Å². The summed E-state index contributed by atoms with van der Waals surface area (Å²) in [5, 5.41) is 19.3. The third-order valence-corrected chi connectivity index (χ3v) is 3.41. The topological polar surface area (TPSA) is 91.7 Å². The number of carboxylic acids is 1. The molecule has 0 amide bonds. The van der Waals surface area contributed by atoms with E-state index in [9.17, 15) is 24.6 Å². The molecule has 98 valence electrons. The number of hydrogen-bond acceptors (Lipinski definition) is 4. The van der Waals surface area contributed by atoms with Gasteiger partial charge in [0.2, 0.25) is 0 Å². The fourth-order valence-corrected chi connectivity index (χ4v) is 2.36. The van der Waals surface area contributed by atoms with E-state index in [1.165, 1.54) is 18.2 Å². The summed E-state index contributed by atoms with van der Waals surface area (Å²) < 4.78 is 0. The van der Waals surface area contributed by atoms with Crippen LogP contribution in [0, 0.1) is 5.41 Å². The molecule has 1 aromatic rings. The van der Waals surface area contributed by atoms with Gasteiger partial charge in [-0.3, -0.25) is 14.4 Å². The number of carbonyl (C=O) groups excluding carboxylic acids is 2. The van der Waals surface area contributed by atoms with Gasteiger partial charge < -0.3 is 10.2 Å². The second-order valence-corrected chi connectivity index (χ2v) is 4.41. The molecule has 1 aliphatic carbocycles. The van der Waals surface area contributed by atoms with Gasteiger partial charge in [0.05, 0.1) is 0 Å². The maximum absolute atomic E-state index is 12.4. The Labute approximate surface area is 109 Å². The van der Waals surface area contributed by atoms with E-state index < -0.39 is 29.1 Å². The highest BCUT2D eigenvalue weighted by atomic mass is 16.4. The number of benzene rings is 1. The molecule has 5 heteroatoms. The van der Waals surface area contributed by atoms with Crippen LogP contribution >= 0.6 is 0 Å². The third kappa shape index (κ3) is 1.62. The van der Waals surface area contributed by atoms with Crippen LogP contribution in [0.25, 0.3) is 0 Å². The molecule has 2 rings (SSSR count). The Balaban J connectivity index is 2.72. The Morgan fingerprint density at radius 1 is 1.32 bits per heavy atom. The summed E-state index contributed by atoms with van der Waals surface area (Å²) in [5.74, 6) is -3.03. The van der Waals surface area contributed by atoms with Crippen molar-refractivity contribution in [3.05, 3.63) is 48.0 Å². The van der Waals surface area contributed by atoms with Crippen molar-refractivity contribution in [3.63, 3.8) is 0 Å². The van der Waals surface area contributed by atoms with Crippen LogP contribution in [0.5, 0.6) is 0 Å². The van der Waals surface area contributed by atoms with Crippen LogP contribution < -0.4 is 0 Å². The molecule has 0 aromatic heterocycles. The molecule has 0 radical (unpaired) electrons. The Kier molecular flexibility index (Phi) is 3.08. The lowest BCUT2D eigenvalue weighted by Gasteiger charge is -2.35. The molecule has 0 spiro atoms. The molecular formula is C14H12O5. The minimum atomic E-state index is -2.17. The van der Waals surface area contributed by atoms with Gasteiger partial charge in [-0.1, -0.05) is 30.3 Å². The summed E-state index contributed by atoms with van der Waals surface area (Å²) in [6, 6.07) is 5.89. The quantitative estimate of drug-likeness (QED) is 0.626. The van der Waals surface area contributed by atoms with Crippen molar-refractivity contribution in [2.45, 2.75) is 12.5 Å². The summed E-state index contributed by atoms with van der Waals surface area (Å²) in [5.41, 5.74) is -2.09. The Morgan fingerprint density at radius 2 is 1.89 bits per heavy atom. The van der Waals surface area contributed by atoms with Gasteiger partial charge in [-0.05, 0) is 6.42 Å². The summed E-state index contributed by atoms with van der Waals surface area (Å²) in [6.07, 6.45) is -0.982. The van der Waals surface area contributed by atoms with Gasteiger partial charge >= 0.3 is 5.97 Å². The lowest BCUT2D eigenvalue weighted by molar-refractivity contribution is -0.150. The number of aliphatic carboxylic acids is 1. The second kappa shape index (κ2) is 4.44. The van der Waals surface area contributed by atoms with Gasteiger partial charge in [0.1, 0.15) is 6.10 Å². The number of hydrogen-bond donors (Lipinski definition) is 2. The summed E-state index contributed by atoms with van der Waals surface area (Å²) >= 11 is 0. The molecule has 0 saturated heterocycles. The maximum atomic E-state index is 12.4. The lowest BCUT2D eigenvalue weighted by atomic mass is 9.66. The van der Waals surface area contributed by atoms with E-state index in [0.29, 0.717) is 0 Å². The van der Waals surface area contributed by atoms with Crippen LogP contribution in [-0.2, 0) is 4.79 Å². The molecule has 2 N–H and O–H groups in total. The average Bonchev–Trinajstić information content (AvgIpc) is 2.41. The number of fused-ring (bicyclic) bond motifs is 1. The zero-order valence-electron chi connectivity index (χ0n) is 10.00. The highest BCUT2D eigenvalue weighted by Crippen LogP contribution is 2.39. The molecule has 0 fully saturated rings. The van der Waals surface area contributed by atoms with Crippen molar-refractivity contribution in [2.75, 3.05) is 0 Å². The Hall–Kier alpha value is -2.27. The standard InChI is InChI=1S/C14H12O5/c1-2-7-14(13(18)19)11(16)9-6-4-3-5-8(9)10(15)12(14)17/h2-6,12,17H,1,7H2,(H,18,19). The molecule has 1 aliphatic rings. The van der Waals surface area contributed by atoms with Crippen LogP contribution in [-0.4, -0.2) is 33.9 Å². The third-order valence-electron chi connectivity index (χ3n) is 3.41. The van der Waals surface area contributed by atoms with Crippen molar-refractivity contribution < 1.29 is 24.6 Å². The number of carboxylic acid groups (broad SMARTS) is 1. The predicted molar refractivity (Wildman–Crippen MR) is 66.0 cm³/mol. The van der Waals surface area contributed by atoms with E-state index in [2.05, 4.69) is 6.58 Å². The molecular weight excluding hydrogens is 248 g/mol. The average molecular weight is 260 g/mol. The zero-order valence-corrected chi connectivity index (χ0v) is 10.00.